The third-order valence-electron chi connectivity index (χ3n) is 3.30. The van der Waals surface area contributed by atoms with Crippen molar-refractivity contribution in [2.75, 3.05) is 5.32 Å². The van der Waals surface area contributed by atoms with Gasteiger partial charge in [0.15, 0.2) is 11.5 Å². The SMILES string of the molecule is CCc1ccc(NCc2cccc3oc(C)nc23)nc1. The van der Waals surface area contributed by atoms with Gasteiger partial charge in [-0.25, -0.2) is 9.97 Å². The summed E-state index contributed by atoms with van der Waals surface area (Å²) in [5.74, 6) is 1.57. The average Bonchev–Trinajstić information content (AvgIpc) is 2.86. The number of para-hydroxylation sites is 1. The normalized spacial score (nSPS) is 10.9. The van der Waals surface area contributed by atoms with Crippen LogP contribution in [0.4, 0.5) is 5.82 Å². The zero-order valence-corrected chi connectivity index (χ0v) is 11.7. The van der Waals surface area contributed by atoms with Crippen LogP contribution in [-0.4, -0.2) is 9.97 Å². The highest BCUT2D eigenvalue weighted by Crippen LogP contribution is 2.20. The van der Waals surface area contributed by atoms with Crippen LogP contribution < -0.4 is 5.32 Å². The summed E-state index contributed by atoms with van der Waals surface area (Å²) in [4.78, 5) is 8.82. The molecule has 0 saturated carbocycles. The standard InChI is InChI=1S/C16H17N3O/c1-3-12-7-8-15(17-9-12)18-10-13-5-4-6-14-16(13)19-11(2)20-14/h4-9H,3,10H2,1-2H3,(H,17,18). The highest BCUT2D eigenvalue weighted by Gasteiger charge is 2.07. The van der Waals surface area contributed by atoms with E-state index in [-0.39, 0.29) is 0 Å². The van der Waals surface area contributed by atoms with Gasteiger partial charge < -0.3 is 9.73 Å². The van der Waals surface area contributed by atoms with E-state index in [1.54, 1.807) is 0 Å². The van der Waals surface area contributed by atoms with Crippen molar-refractivity contribution in [3.8, 4) is 0 Å². The summed E-state index contributed by atoms with van der Waals surface area (Å²) in [7, 11) is 0. The first-order valence-corrected chi connectivity index (χ1v) is 6.80. The molecule has 0 aliphatic rings. The first kappa shape index (κ1) is 12.7. The van der Waals surface area contributed by atoms with Crippen LogP contribution in [0.15, 0.2) is 40.9 Å². The zero-order chi connectivity index (χ0) is 13.9. The lowest BCUT2D eigenvalue weighted by Gasteiger charge is -2.06. The summed E-state index contributed by atoms with van der Waals surface area (Å²) in [6, 6.07) is 10.1. The Kier molecular flexibility index (Phi) is 3.37. The van der Waals surface area contributed by atoms with Crippen LogP contribution in [0.5, 0.6) is 0 Å². The fraction of sp³-hybridized carbons (Fsp3) is 0.250. The predicted octanol–water partition coefficient (Wildman–Crippen LogP) is 3.71. The lowest BCUT2D eigenvalue weighted by molar-refractivity contribution is 0.561. The van der Waals surface area contributed by atoms with E-state index in [4.69, 9.17) is 4.42 Å². The fourth-order valence-corrected chi connectivity index (χ4v) is 2.18. The fourth-order valence-electron chi connectivity index (χ4n) is 2.18. The van der Waals surface area contributed by atoms with E-state index in [0.29, 0.717) is 12.4 Å². The molecular formula is C16H17N3O. The Bertz CT molecular complexity index is 716. The minimum Gasteiger partial charge on any atom is -0.441 e. The van der Waals surface area contributed by atoms with Gasteiger partial charge in [0.05, 0.1) is 0 Å². The number of nitrogens with one attached hydrogen (secondary N) is 1. The van der Waals surface area contributed by atoms with Crippen LogP contribution in [0.3, 0.4) is 0 Å². The molecule has 0 aliphatic heterocycles. The van der Waals surface area contributed by atoms with E-state index in [9.17, 15) is 0 Å². The van der Waals surface area contributed by atoms with E-state index in [0.717, 1.165) is 28.9 Å². The molecule has 3 rings (SSSR count). The van der Waals surface area contributed by atoms with Gasteiger partial charge in [0, 0.05) is 25.2 Å². The Morgan fingerprint density at radius 3 is 2.85 bits per heavy atom. The molecule has 0 spiro atoms. The molecule has 4 nitrogen and oxygen atoms in total. The Hall–Kier alpha value is -2.36. The number of hydrogen-bond acceptors (Lipinski definition) is 4. The van der Waals surface area contributed by atoms with Crippen molar-refractivity contribution in [2.24, 2.45) is 0 Å². The molecule has 0 amide bonds. The zero-order valence-electron chi connectivity index (χ0n) is 11.7. The van der Waals surface area contributed by atoms with Gasteiger partial charge in [-0.3, -0.25) is 0 Å². The van der Waals surface area contributed by atoms with Crippen molar-refractivity contribution in [1.29, 1.82) is 0 Å². The molecule has 0 saturated heterocycles. The number of hydrogen-bond donors (Lipinski definition) is 1. The number of aromatic nitrogens is 2. The minimum atomic E-state index is 0.682. The Morgan fingerprint density at radius 1 is 1.20 bits per heavy atom. The molecule has 20 heavy (non-hydrogen) atoms. The maximum Gasteiger partial charge on any atom is 0.192 e. The van der Waals surface area contributed by atoms with Gasteiger partial charge in [-0.05, 0) is 24.1 Å². The van der Waals surface area contributed by atoms with Crippen molar-refractivity contribution in [2.45, 2.75) is 26.8 Å². The molecule has 1 aromatic carbocycles. The van der Waals surface area contributed by atoms with Crippen LogP contribution in [-0.2, 0) is 13.0 Å². The number of benzene rings is 1. The molecule has 0 bridgehead atoms. The lowest BCUT2D eigenvalue weighted by Crippen LogP contribution is -2.02. The summed E-state index contributed by atoms with van der Waals surface area (Å²) in [5, 5.41) is 3.32. The predicted molar refractivity (Wildman–Crippen MR) is 79.7 cm³/mol. The molecule has 0 unspecified atom stereocenters. The molecule has 3 aromatic rings. The Labute approximate surface area is 117 Å². The van der Waals surface area contributed by atoms with Crippen LogP contribution in [0.25, 0.3) is 11.1 Å². The number of aryl methyl sites for hydroxylation is 2. The van der Waals surface area contributed by atoms with Crippen LogP contribution >= 0.6 is 0 Å². The molecule has 0 atom stereocenters. The summed E-state index contributed by atoms with van der Waals surface area (Å²) < 4.78 is 5.54. The van der Waals surface area contributed by atoms with Crippen LogP contribution in [0.2, 0.25) is 0 Å². The Morgan fingerprint density at radius 2 is 2.10 bits per heavy atom. The second kappa shape index (κ2) is 5.33. The molecule has 102 valence electrons. The largest absolute Gasteiger partial charge is 0.441 e. The third-order valence-corrected chi connectivity index (χ3v) is 3.30. The van der Waals surface area contributed by atoms with Crippen molar-refractivity contribution in [3.05, 3.63) is 53.5 Å². The van der Waals surface area contributed by atoms with E-state index < -0.39 is 0 Å². The Balaban J connectivity index is 1.79. The number of pyridine rings is 1. The number of fused-ring (bicyclic) bond motifs is 1. The van der Waals surface area contributed by atoms with Crippen LogP contribution in [0.1, 0.15) is 23.9 Å². The first-order valence-electron chi connectivity index (χ1n) is 6.80. The lowest BCUT2D eigenvalue weighted by atomic mass is 10.2. The van der Waals surface area contributed by atoms with Crippen molar-refractivity contribution >= 4 is 16.9 Å². The number of nitrogens with zero attached hydrogens (tertiary/aromatic N) is 2. The van der Waals surface area contributed by atoms with Gasteiger partial charge in [-0.15, -0.1) is 0 Å². The summed E-state index contributed by atoms with van der Waals surface area (Å²) >= 11 is 0. The van der Waals surface area contributed by atoms with Crippen LogP contribution in [0, 0.1) is 6.92 Å². The average molecular weight is 267 g/mol. The smallest absolute Gasteiger partial charge is 0.192 e. The number of oxazole rings is 1. The summed E-state index contributed by atoms with van der Waals surface area (Å²) in [6.45, 7) is 4.67. The summed E-state index contributed by atoms with van der Waals surface area (Å²) in [5.41, 5.74) is 4.10. The van der Waals surface area contributed by atoms with Gasteiger partial charge in [0.1, 0.15) is 11.3 Å². The second-order valence-electron chi connectivity index (χ2n) is 4.76. The molecule has 1 N–H and O–H groups in total. The molecule has 4 heteroatoms. The molecule has 0 radical (unpaired) electrons. The van der Waals surface area contributed by atoms with E-state index in [1.807, 2.05) is 31.3 Å². The van der Waals surface area contributed by atoms with Gasteiger partial charge in [-0.2, -0.15) is 0 Å². The second-order valence-corrected chi connectivity index (χ2v) is 4.76. The quantitative estimate of drug-likeness (QED) is 0.783. The highest BCUT2D eigenvalue weighted by atomic mass is 16.3. The monoisotopic (exact) mass is 267 g/mol. The molecule has 2 aromatic heterocycles. The summed E-state index contributed by atoms with van der Waals surface area (Å²) in [6.07, 6.45) is 2.91. The first-order chi connectivity index (χ1) is 9.76. The number of anilines is 1. The minimum absolute atomic E-state index is 0.682. The topological polar surface area (TPSA) is 51.0 Å². The molecule has 2 heterocycles. The van der Waals surface area contributed by atoms with Crippen molar-refractivity contribution < 1.29 is 4.42 Å². The molecular weight excluding hydrogens is 250 g/mol. The van der Waals surface area contributed by atoms with E-state index in [1.165, 1.54) is 5.56 Å². The van der Waals surface area contributed by atoms with E-state index >= 15 is 0 Å². The van der Waals surface area contributed by atoms with Crippen molar-refractivity contribution in [3.63, 3.8) is 0 Å². The molecule has 0 aliphatic carbocycles. The van der Waals surface area contributed by atoms with Gasteiger partial charge >= 0.3 is 0 Å². The maximum atomic E-state index is 5.54. The van der Waals surface area contributed by atoms with Gasteiger partial charge in [-0.1, -0.05) is 25.1 Å². The van der Waals surface area contributed by atoms with Crippen molar-refractivity contribution in [1.82, 2.24) is 9.97 Å². The maximum absolute atomic E-state index is 5.54. The van der Waals surface area contributed by atoms with Gasteiger partial charge in [0.25, 0.3) is 0 Å². The molecule has 0 fully saturated rings. The van der Waals surface area contributed by atoms with Gasteiger partial charge in [0.2, 0.25) is 0 Å². The highest BCUT2D eigenvalue weighted by molar-refractivity contribution is 5.76. The number of rotatable bonds is 4. The van der Waals surface area contributed by atoms with E-state index in [2.05, 4.69) is 34.3 Å². The third kappa shape index (κ3) is 2.50.